The Kier molecular flexibility index (Phi) is 3.96. The van der Waals surface area contributed by atoms with E-state index in [1.54, 1.807) is 6.07 Å². The van der Waals surface area contributed by atoms with Gasteiger partial charge in [0.15, 0.2) is 11.5 Å². The summed E-state index contributed by atoms with van der Waals surface area (Å²) >= 11 is 6.58. The first-order valence-electron chi connectivity index (χ1n) is 5.93. The maximum absolute atomic E-state index is 12.0. The standard InChI is InChI=1S/C12H9ClN2O5S2/c13-10-3-4-11(21-10)22(17,18)15-14-12(16)7-1-2-8-9(5-7)20-6-19-8/h1-5,15H,6H2,(H,14,16). The zero-order valence-electron chi connectivity index (χ0n) is 10.8. The van der Waals surface area contributed by atoms with Gasteiger partial charge in [-0.15, -0.1) is 16.2 Å². The van der Waals surface area contributed by atoms with Gasteiger partial charge in [0.25, 0.3) is 15.9 Å². The van der Waals surface area contributed by atoms with Crippen LogP contribution in [-0.2, 0) is 10.0 Å². The first kappa shape index (κ1) is 15.1. The highest BCUT2D eigenvalue weighted by molar-refractivity contribution is 7.91. The fourth-order valence-corrected chi connectivity index (χ4v) is 4.04. The Labute approximate surface area is 134 Å². The fraction of sp³-hybridized carbons (Fsp3) is 0.0833. The number of hydrogen-bond donors (Lipinski definition) is 2. The number of thiophene rings is 1. The number of carbonyl (C=O) groups is 1. The number of ether oxygens (including phenoxy) is 2. The van der Waals surface area contributed by atoms with Gasteiger partial charge >= 0.3 is 0 Å². The zero-order valence-corrected chi connectivity index (χ0v) is 13.2. The van der Waals surface area contributed by atoms with Gasteiger partial charge in [-0.1, -0.05) is 11.6 Å². The van der Waals surface area contributed by atoms with Gasteiger partial charge in [-0.05, 0) is 30.3 Å². The number of halogens is 1. The predicted octanol–water partition coefficient (Wildman–Crippen LogP) is 1.75. The quantitative estimate of drug-likeness (QED) is 0.810. The minimum atomic E-state index is -3.86. The van der Waals surface area contributed by atoms with Crippen LogP contribution in [0, 0.1) is 0 Å². The van der Waals surface area contributed by atoms with Crippen molar-refractivity contribution in [2.45, 2.75) is 4.21 Å². The van der Waals surface area contributed by atoms with E-state index in [4.69, 9.17) is 21.1 Å². The third kappa shape index (κ3) is 3.02. The molecule has 0 atom stereocenters. The Bertz CT molecular complexity index is 834. The van der Waals surface area contributed by atoms with Crippen LogP contribution < -0.4 is 19.7 Å². The number of hydrazine groups is 1. The van der Waals surface area contributed by atoms with E-state index in [0.717, 1.165) is 11.3 Å². The first-order chi connectivity index (χ1) is 10.5. The largest absolute Gasteiger partial charge is 0.454 e. The highest BCUT2D eigenvalue weighted by Gasteiger charge is 2.20. The molecule has 0 aliphatic carbocycles. The molecule has 0 unspecified atom stereocenters. The van der Waals surface area contributed by atoms with Gasteiger partial charge in [0.1, 0.15) is 4.21 Å². The molecule has 0 bridgehead atoms. The lowest BCUT2D eigenvalue weighted by Crippen LogP contribution is -2.41. The molecular formula is C12H9ClN2O5S2. The number of nitrogens with one attached hydrogen (secondary N) is 2. The molecule has 1 amide bonds. The summed E-state index contributed by atoms with van der Waals surface area (Å²) in [6, 6.07) is 7.35. The van der Waals surface area contributed by atoms with Gasteiger partial charge in [0.2, 0.25) is 6.79 Å². The summed E-state index contributed by atoms with van der Waals surface area (Å²) in [7, 11) is -3.86. The van der Waals surface area contributed by atoms with Crippen LogP contribution >= 0.6 is 22.9 Å². The average Bonchev–Trinajstić information content (AvgIpc) is 3.12. The number of fused-ring (bicyclic) bond motifs is 1. The van der Waals surface area contributed by atoms with E-state index in [2.05, 4.69) is 5.43 Å². The fourth-order valence-electron chi connectivity index (χ4n) is 1.72. The van der Waals surface area contributed by atoms with E-state index in [-0.39, 0.29) is 16.6 Å². The molecule has 1 aromatic heterocycles. The highest BCUT2D eigenvalue weighted by Crippen LogP contribution is 2.32. The summed E-state index contributed by atoms with van der Waals surface area (Å²) in [5.41, 5.74) is 2.36. The minimum Gasteiger partial charge on any atom is -0.454 e. The van der Waals surface area contributed by atoms with E-state index in [1.165, 1.54) is 24.3 Å². The molecule has 0 fully saturated rings. The molecule has 22 heavy (non-hydrogen) atoms. The van der Waals surface area contributed by atoms with E-state index < -0.39 is 15.9 Å². The normalized spacial score (nSPS) is 13.1. The Balaban J connectivity index is 1.70. The minimum absolute atomic E-state index is 0.00323. The van der Waals surface area contributed by atoms with Crippen LogP contribution in [0.25, 0.3) is 0 Å². The molecule has 0 radical (unpaired) electrons. The monoisotopic (exact) mass is 360 g/mol. The van der Waals surface area contributed by atoms with Crippen molar-refractivity contribution in [2.75, 3.05) is 6.79 Å². The zero-order chi connectivity index (χ0) is 15.7. The van der Waals surface area contributed by atoms with Crippen LogP contribution in [0.4, 0.5) is 0 Å². The Hall–Kier alpha value is -1.81. The summed E-state index contributed by atoms with van der Waals surface area (Å²) in [6.07, 6.45) is 0. The Morgan fingerprint density at radius 1 is 1.18 bits per heavy atom. The van der Waals surface area contributed by atoms with Crippen molar-refractivity contribution >= 4 is 38.9 Å². The second-order valence-corrected chi connectivity index (χ2v) is 7.81. The lowest BCUT2D eigenvalue weighted by molar-refractivity contribution is 0.0944. The topological polar surface area (TPSA) is 93.7 Å². The predicted molar refractivity (Wildman–Crippen MR) is 79.7 cm³/mol. The van der Waals surface area contributed by atoms with E-state index in [1.807, 2.05) is 4.83 Å². The summed E-state index contributed by atoms with van der Waals surface area (Å²) in [4.78, 5) is 14.0. The molecule has 0 saturated heterocycles. The van der Waals surface area contributed by atoms with E-state index in [0.29, 0.717) is 15.8 Å². The molecule has 0 saturated carbocycles. The molecule has 7 nitrogen and oxygen atoms in total. The van der Waals surface area contributed by atoms with Crippen LogP contribution in [0.15, 0.2) is 34.5 Å². The third-order valence-corrected chi connectivity index (χ3v) is 5.72. The number of rotatable bonds is 4. The van der Waals surface area contributed by atoms with E-state index in [9.17, 15) is 13.2 Å². The molecule has 2 heterocycles. The molecular weight excluding hydrogens is 352 g/mol. The first-order valence-corrected chi connectivity index (χ1v) is 8.60. The smallest absolute Gasteiger partial charge is 0.266 e. The molecule has 1 aliphatic heterocycles. The molecule has 0 spiro atoms. The number of carbonyl (C=O) groups excluding carboxylic acids is 1. The van der Waals surface area contributed by atoms with Crippen molar-refractivity contribution in [3.05, 3.63) is 40.2 Å². The van der Waals surface area contributed by atoms with Crippen molar-refractivity contribution in [2.24, 2.45) is 0 Å². The third-order valence-electron chi connectivity index (χ3n) is 2.75. The van der Waals surface area contributed by atoms with Crippen LogP contribution in [0.2, 0.25) is 4.34 Å². The van der Waals surface area contributed by atoms with Crippen molar-refractivity contribution in [1.82, 2.24) is 10.3 Å². The van der Waals surface area contributed by atoms with Crippen LogP contribution in [0.3, 0.4) is 0 Å². The second-order valence-electron chi connectivity index (χ2n) is 4.19. The Morgan fingerprint density at radius 3 is 2.68 bits per heavy atom. The lowest BCUT2D eigenvalue weighted by atomic mass is 10.2. The van der Waals surface area contributed by atoms with Gasteiger partial charge < -0.3 is 9.47 Å². The molecule has 3 rings (SSSR count). The van der Waals surface area contributed by atoms with Crippen molar-refractivity contribution in [1.29, 1.82) is 0 Å². The molecule has 1 aromatic carbocycles. The maximum Gasteiger partial charge on any atom is 0.266 e. The number of sulfonamides is 1. The summed E-state index contributed by atoms with van der Waals surface area (Å²) < 4.78 is 34.5. The Morgan fingerprint density at radius 2 is 1.95 bits per heavy atom. The molecule has 1 aliphatic rings. The molecule has 116 valence electrons. The maximum atomic E-state index is 12.0. The highest BCUT2D eigenvalue weighted by atomic mass is 35.5. The molecule has 2 aromatic rings. The number of benzene rings is 1. The number of hydrogen-bond acceptors (Lipinski definition) is 6. The van der Waals surface area contributed by atoms with Crippen LogP contribution in [0.5, 0.6) is 11.5 Å². The van der Waals surface area contributed by atoms with Crippen molar-refractivity contribution < 1.29 is 22.7 Å². The van der Waals surface area contributed by atoms with E-state index >= 15 is 0 Å². The van der Waals surface area contributed by atoms with Crippen molar-refractivity contribution in [3.63, 3.8) is 0 Å². The van der Waals surface area contributed by atoms with Crippen molar-refractivity contribution in [3.8, 4) is 11.5 Å². The van der Waals surface area contributed by atoms with Gasteiger partial charge in [0.05, 0.1) is 4.34 Å². The SMILES string of the molecule is O=C(NNS(=O)(=O)c1ccc(Cl)s1)c1ccc2c(c1)OCO2. The van der Waals surface area contributed by atoms with Crippen LogP contribution in [-0.4, -0.2) is 21.1 Å². The summed E-state index contributed by atoms with van der Waals surface area (Å²) in [5.74, 6) is 0.343. The summed E-state index contributed by atoms with van der Waals surface area (Å²) in [6.45, 7) is 0.0895. The van der Waals surface area contributed by atoms with Gasteiger partial charge in [-0.25, -0.2) is 8.42 Å². The molecule has 10 heteroatoms. The number of amides is 1. The lowest BCUT2D eigenvalue weighted by Gasteiger charge is -2.07. The molecule has 2 N–H and O–H groups in total. The van der Waals surface area contributed by atoms with Gasteiger partial charge in [-0.3, -0.25) is 10.2 Å². The van der Waals surface area contributed by atoms with Gasteiger partial charge in [-0.2, -0.15) is 0 Å². The summed E-state index contributed by atoms with van der Waals surface area (Å²) in [5, 5.41) is 0. The second kappa shape index (κ2) is 5.76. The van der Waals surface area contributed by atoms with Crippen LogP contribution in [0.1, 0.15) is 10.4 Å². The van der Waals surface area contributed by atoms with Gasteiger partial charge in [0, 0.05) is 5.56 Å². The average molecular weight is 361 g/mol.